The lowest BCUT2D eigenvalue weighted by Crippen LogP contribution is -2.25. The summed E-state index contributed by atoms with van der Waals surface area (Å²) in [6, 6.07) is 0. The number of aromatic amines is 1. The van der Waals surface area contributed by atoms with E-state index >= 15 is 0 Å². The van der Waals surface area contributed by atoms with E-state index in [-0.39, 0.29) is 18.3 Å². The first-order valence-corrected chi connectivity index (χ1v) is 7.85. The minimum absolute atomic E-state index is 0. The number of amides is 1. The number of rotatable bonds is 4. The molecule has 0 spiro atoms. The van der Waals surface area contributed by atoms with Crippen molar-refractivity contribution in [2.45, 2.75) is 33.2 Å². The van der Waals surface area contributed by atoms with Crippen LogP contribution >= 0.6 is 23.7 Å². The van der Waals surface area contributed by atoms with Crippen LogP contribution in [-0.2, 0) is 19.4 Å². The summed E-state index contributed by atoms with van der Waals surface area (Å²) in [5, 5.41) is 22.7. The predicted octanol–water partition coefficient (Wildman–Crippen LogP) is 1.78. The Kier molecular flexibility index (Phi) is 5.49. The van der Waals surface area contributed by atoms with Crippen molar-refractivity contribution < 1.29 is 4.79 Å². The largest absolute Gasteiger partial charge is 0.312 e. The average Bonchev–Trinajstić information content (AvgIpc) is 3.04. The van der Waals surface area contributed by atoms with Gasteiger partial charge in [-0.2, -0.15) is 5.10 Å². The summed E-state index contributed by atoms with van der Waals surface area (Å²) < 4.78 is 0. The van der Waals surface area contributed by atoms with Gasteiger partial charge in [0.25, 0.3) is 5.91 Å². The van der Waals surface area contributed by atoms with Crippen LogP contribution in [0.4, 0.5) is 5.13 Å². The number of nitrogens with one attached hydrogen (secondary N) is 3. The third kappa shape index (κ3) is 3.63. The molecule has 0 bridgehead atoms. The lowest BCUT2D eigenvalue weighted by Gasteiger charge is -2.12. The first-order chi connectivity index (χ1) is 10.1. The van der Waals surface area contributed by atoms with Crippen LogP contribution in [-0.4, -0.2) is 32.8 Å². The molecule has 0 unspecified atom stereocenters. The van der Waals surface area contributed by atoms with Crippen molar-refractivity contribution in [2.24, 2.45) is 5.92 Å². The number of anilines is 1. The Labute approximate surface area is 138 Å². The lowest BCUT2D eigenvalue weighted by molar-refractivity contribution is 0.102. The molecule has 2 aromatic rings. The lowest BCUT2D eigenvalue weighted by atomic mass is 10.1. The van der Waals surface area contributed by atoms with Gasteiger partial charge in [-0.05, 0) is 5.92 Å². The zero-order chi connectivity index (χ0) is 14.8. The second-order valence-corrected chi connectivity index (χ2v) is 6.57. The summed E-state index contributed by atoms with van der Waals surface area (Å²) in [5.41, 5.74) is 2.43. The van der Waals surface area contributed by atoms with Crippen LogP contribution in [0, 0.1) is 5.92 Å². The molecule has 0 saturated carbocycles. The Hall–Kier alpha value is -1.51. The Morgan fingerprint density at radius 1 is 1.41 bits per heavy atom. The molecule has 9 heteroatoms. The van der Waals surface area contributed by atoms with Crippen molar-refractivity contribution in [1.82, 2.24) is 25.7 Å². The highest BCUT2D eigenvalue weighted by atomic mass is 35.5. The second kappa shape index (κ2) is 7.17. The van der Waals surface area contributed by atoms with Crippen LogP contribution in [0.3, 0.4) is 0 Å². The molecule has 3 N–H and O–H groups in total. The molecule has 3 heterocycles. The van der Waals surface area contributed by atoms with Crippen molar-refractivity contribution in [1.29, 1.82) is 0 Å². The van der Waals surface area contributed by atoms with Crippen LogP contribution in [0.5, 0.6) is 0 Å². The molecule has 22 heavy (non-hydrogen) atoms. The molecule has 120 valence electrons. The standard InChI is InChI=1S/C13H18N6OS.ClH/c1-7(2)5-10-17-19-13(21-10)15-12(20)11-8-6-14-4-3-9(8)16-18-11;/h7,14H,3-6H2,1-2H3,(H,16,18)(H,15,19,20);1H. The number of fused-ring (bicyclic) bond motifs is 1. The zero-order valence-corrected chi connectivity index (χ0v) is 14.1. The maximum atomic E-state index is 12.3. The van der Waals surface area contributed by atoms with E-state index in [1.54, 1.807) is 0 Å². The van der Waals surface area contributed by atoms with Gasteiger partial charge in [-0.3, -0.25) is 15.2 Å². The minimum Gasteiger partial charge on any atom is -0.312 e. The van der Waals surface area contributed by atoms with Crippen molar-refractivity contribution in [3.63, 3.8) is 0 Å². The quantitative estimate of drug-likeness (QED) is 0.787. The van der Waals surface area contributed by atoms with Gasteiger partial charge in [-0.1, -0.05) is 25.2 Å². The first kappa shape index (κ1) is 16.9. The highest BCUT2D eigenvalue weighted by molar-refractivity contribution is 7.15. The molecule has 0 saturated heterocycles. The molecular formula is C13H19ClN6OS. The van der Waals surface area contributed by atoms with E-state index in [9.17, 15) is 4.79 Å². The van der Waals surface area contributed by atoms with E-state index in [4.69, 9.17) is 0 Å². The van der Waals surface area contributed by atoms with E-state index in [2.05, 4.69) is 44.9 Å². The average molecular weight is 343 g/mol. The van der Waals surface area contributed by atoms with Crippen molar-refractivity contribution >= 4 is 34.8 Å². The molecular weight excluding hydrogens is 324 g/mol. The maximum Gasteiger partial charge on any atom is 0.278 e. The Morgan fingerprint density at radius 2 is 2.23 bits per heavy atom. The number of carbonyl (C=O) groups is 1. The van der Waals surface area contributed by atoms with Gasteiger partial charge in [0, 0.05) is 37.2 Å². The molecule has 7 nitrogen and oxygen atoms in total. The summed E-state index contributed by atoms with van der Waals surface area (Å²) in [4.78, 5) is 12.3. The van der Waals surface area contributed by atoms with E-state index in [0.717, 1.165) is 35.7 Å². The molecule has 0 atom stereocenters. The highest BCUT2D eigenvalue weighted by Crippen LogP contribution is 2.20. The van der Waals surface area contributed by atoms with Crippen LogP contribution in [0.1, 0.15) is 40.6 Å². The first-order valence-electron chi connectivity index (χ1n) is 7.04. The van der Waals surface area contributed by atoms with Gasteiger partial charge in [0.1, 0.15) is 5.01 Å². The monoisotopic (exact) mass is 342 g/mol. The number of halogens is 1. The SMILES string of the molecule is CC(C)Cc1nnc(NC(=O)c2n[nH]c3c2CNCC3)s1.Cl. The van der Waals surface area contributed by atoms with Gasteiger partial charge in [0.15, 0.2) is 5.69 Å². The smallest absolute Gasteiger partial charge is 0.278 e. The molecule has 1 aliphatic rings. The number of carbonyl (C=O) groups excluding carboxylic acids is 1. The van der Waals surface area contributed by atoms with Crippen LogP contribution in [0.25, 0.3) is 0 Å². The fourth-order valence-corrected chi connectivity index (χ4v) is 3.25. The topological polar surface area (TPSA) is 95.6 Å². The number of H-pyrrole nitrogens is 1. The molecule has 3 rings (SSSR count). The molecule has 0 fully saturated rings. The summed E-state index contributed by atoms with van der Waals surface area (Å²) in [6.07, 6.45) is 1.74. The van der Waals surface area contributed by atoms with Gasteiger partial charge in [-0.25, -0.2) is 0 Å². The van der Waals surface area contributed by atoms with Crippen molar-refractivity contribution in [3.8, 4) is 0 Å². The van der Waals surface area contributed by atoms with Gasteiger partial charge >= 0.3 is 0 Å². The summed E-state index contributed by atoms with van der Waals surface area (Å²) in [6.45, 7) is 5.83. The molecule has 0 aliphatic carbocycles. The number of hydrogen-bond acceptors (Lipinski definition) is 6. The zero-order valence-electron chi connectivity index (χ0n) is 12.5. The van der Waals surface area contributed by atoms with Gasteiger partial charge < -0.3 is 5.32 Å². The molecule has 2 aromatic heterocycles. The van der Waals surface area contributed by atoms with Crippen molar-refractivity contribution in [3.05, 3.63) is 22.0 Å². The van der Waals surface area contributed by atoms with Crippen LogP contribution in [0.2, 0.25) is 0 Å². The Bertz CT molecular complexity index is 653. The van der Waals surface area contributed by atoms with E-state index in [1.165, 1.54) is 11.3 Å². The molecule has 0 aromatic carbocycles. The van der Waals surface area contributed by atoms with Crippen molar-refractivity contribution in [2.75, 3.05) is 11.9 Å². The van der Waals surface area contributed by atoms with Gasteiger partial charge in [0.2, 0.25) is 5.13 Å². The maximum absolute atomic E-state index is 12.3. The molecule has 1 amide bonds. The third-order valence-electron chi connectivity index (χ3n) is 3.29. The molecule has 0 radical (unpaired) electrons. The predicted molar refractivity (Wildman–Crippen MR) is 87.7 cm³/mol. The number of aromatic nitrogens is 4. The van der Waals surface area contributed by atoms with Crippen LogP contribution in [0.15, 0.2) is 0 Å². The highest BCUT2D eigenvalue weighted by Gasteiger charge is 2.22. The van der Waals surface area contributed by atoms with Gasteiger partial charge in [-0.15, -0.1) is 22.6 Å². The molecule has 1 aliphatic heterocycles. The fourth-order valence-electron chi connectivity index (χ4n) is 2.31. The van der Waals surface area contributed by atoms with Crippen LogP contribution < -0.4 is 10.6 Å². The minimum atomic E-state index is -0.233. The number of nitrogens with zero attached hydrogens (tertiary/aromatic N) is 3. The second-order valence-electron chi connectivity index (χ2n) is 5.51. The summed E-state index contributed by atoms with van der Waals surface area (Å²) in [7, 11) is 0. The van der Waals surface area contributed by atoms with Gasteiger partial charge in [0.05, 0.1) is 0 Å². The van der Waals surface area contributed by atoms with E-state index in [0.29, 0.717) is 23.3 Å². The fraction of sp³-hybridized carbons (Fsp3) is 0.538. The summed E-state index contributed by atoms with van der Waals surface area (Å²) >= 11 is 1.42. The van der Waals surface area contributed by atoms with E-state index < -0.39 is 0 Å². The normalized spacial score (nSPS) is 13.6. The summed E-state index contributed by atoms with van der Waals surface area (Å²) in [5.74, 6) is 0.286. The third-order valence-corrected chi connectivity index (χ3v) is 4.15. The Balaban J connectivity index is 0.00000176. The number of hydrogen-bond donors (Lipinski definition) is 3. The van der Waals surface area contributed by atoms with E-state index in [1.807, 2.05) is 0 Å². The Morgan fingerprint density at radius 3 is 3.00 bits per heavy atom.